The molecule has 2 heterocycles. The molecule has 2 aliphatic heterocycles. The zero-order chi connectivity index (χ0) is 18.4. The predicted molar refractivity (Wildman–Crippen MR) is 109 cm³/mol. The fraction of sp³-hybridized carbons (Fsp3) is 0.682. The lowest BCUT2D eigenvalue weighted by atomic mass is 9.46. The number of anilines is 1. The number of guanidine groups is 1. The molecule has 0 aromatic heterocycles. The molecule has 27 heavy (non-hydrogen) atoms. The number of rotatable bonds is 3. The first-order valence-electron chi connectivity index (χ1n) is 10.6. The Morgan fingerprint density at radius 1 is 1.19 bits per heavy atom. The van der Waals surface area contributed by atoms with Crippen molar-refractivity contribution in [3.63, 3.8) is 0 Å². The summed E-state index contributed by atoms with van der Waals surface area (Å²) in [5.41, 5.74) is 3.03. The minimum Gasteiger partial charge on any atom is -0.377 e. The van der Waals surface area contributed by atoms with Gasteiger partial charge in [-0.15, -0.1) is 0 Å². The average molecular weight is 369 g/mol. The van der Waals surface area contributed by atoms with E-state index in [0.29, 0.717) is 29.5 Å². The van der Waals surface area contributed by atoms with Gasteiger partial charge in [-0.1, -0.05) is 24.1 Å². The Labute approximate surface area is 162 Å². The van der Waals surface area contributed by atoms with Crippen LogP contribution in [0, 0.1) is 18.3 Å². The van der Waals surface area contributed by atoms with Gasteiger partial charge in [-0.25, -0.2) is 0 Å². The maximum atomic E-state index is 6.05. The van der Waals surface area contributed by atoms with Crippen LogP contribution in [0.5, 0.6) is 0 Å². The molecule has 2 saturated heterocycles. The number of nitrogens with one attached hydrogen (secondary N) is 2. The smallest absolute Gasteiger partial charge is 0.191 e. The highest BCUT2D eigenvalue weighted by atomic mass is 16.5. The number of fused-ring (bicyclic) bond motifs is 2. The summed E-state index contributed by atoms with van der Waals surface area (Å²) in [7, 11) is 1.90. The first-order chi connectivity index (χ1) is 13.2. The highest BCUT2D eigenvalue weighted by Crippen LogP contribution is 2.62. The highest BCUT2D eigenvalue weighted by Gasteiger charge is 2.66. The third-order valence-corrected chi connectivity index (χ3v) is 7.48. The second-order valence-electron chi connectivity index (χ2n) is 8.94. The van der Waals surface area contributed by atoms with Crippen molar-refractivity contribution in [2.75, 3.05) is 31.6 Å². The van der Waals surface area contributed by atoms with Crippen molar-refractivity contribution in [3.05, 3.63) is 29.8 Å². The SMILES string of the molecule is CN=C(NC1CCN(c2ccc(C)cc2)C1)NC1C2CCOC2C12CCC2. The molecule has 146 valence electrons. The summed E-state index contributed by atoms with van der Waals surface area (Å²) in [5.74, 6) is 1.66. The van der Waals surface area contributed by atoms with Crippen LogP contribution in [0.1, 0.15) is 37.7 Å². The Morgan fingerprint density at radius 2 is 2.00 bits per heavy atom. The van der Waals surface area contributed by atoms with Gasteiger partial charge < -0.3 is 20.3 Å². The Hall–Kier alpha value is -1.75. The number of nitrogens with zero attached hydrogens (tertiary/aromatic N) is 2. The molecule has 4 unspecified atom stereocenters. The summed E-state index contributed by atoms with van der Waals surface area (Å²) in [6, 6.07) is 9.86. The lowest BCUT2D eigenvalue weighted by Gasteiger charge is -2.63. The van der Waals surface area contributed by atoms with Crippen molar-refractivity contribution in [2.24, 2.45) is 16.3 Å². The summed E-state index contributed by atoms with van der Waals surface area (Å²) < 4.78 is 6.05. The lowest BCUT2D eigenvalue weighted by Crippen LogP contribution is -2.72. The van der Waals surface area contributed by atoms with E-state index in [1.54, 1.807) is 0 Å². The molecule has 1 aromatic rings. The van der Waals surface area contributed by atoms with E-state index in [-0.39, 0.29) is 0 Å². The van der Waals surface area contributed by atoms with E-state index in [4.69, 9.17) is 4.74 Å². The number of aliphatic imine (C=N–C) groups is 1. The van der Waals surface area contributed by atoms with Gasteiger partial charge in [0.2, 0.25) is 0 Å². The number of hydrogen-bond acceptors (Lipinski definition) is 3. The molecule has 4 fully saturated rings. The molecule has 1 aromatic carbocycles. The van der Waals surface area contributed by atoms with Gasteiger partial charge in [0.1, 0.15) is 0 Å². The molecule has 2 aliphatic carbocycles. The minimum absolute atomic E-state index is 0.391. The van der Waals surface area contributed by atoms with Gasteiger partial charge in [-0.3, -0.25) is 4.99 Å². The van der Waals surface area contributed by atoms with Crippen molar-refractivity contribution in [2.45, 2.75) is 57.2 Å². The van der Waals surface area contributed by atoms with Gasteiger partial charge in [0.25, 0.3) is 0 Å². The molecule has 0 bridgehead atoms. The molecule has 0 amide bonds. The van der Waals surface area contributed by atoms with Gasteiger partial charge in [0, 0.05) is 55.8 Å². The van der Waals surface area contributed by atoms with Crippen LogP contribution in [0.2, 0.25) is 0 Å². The minimum atomic E-state index is 0.391. The second kappa shape index (κ2) is 6.69. The first kappa shape index (κ1) is 17.4. The predicted octanol–water partition coefficient (Wildman–Crippen LogP) is 2.70. The molecule has 5 rings (SSSR count). The van der Waals surface area contributed by atoms with Crippen molar-refractivity contribution in [3.8, 4) is 0 Å². The highest BCUT2D eigenvalue weighted by molar-refractivity contribution is 5.81. The maximum Gasteiger partial charge on any atom is 0.191 e. The molecule has 0 radical (unpaired) electrons. The Morgan fingerprint density at radius 3 is 2.70 bits per heavy atom. The monoisotopic (exact) mass is 368 g/mol. The van der Waals surface area contributed by atoms with Gasteiger partial charge >= 0.3 is 0 Å². The zero-order valence-corrected chi connectivity index (χ0v) is 16.6. The van der Waals surface area contributed by atoms with Crippen LogP contribution < -0.4 is 15.5 Å². The molecule has 4 atom stereocenters. The molecule has 2 saturated carbocycles. The third-order valence-electron chi connectivity index (χ3n) is 7.48. The second-order valence-corrected chi connectivity index (χ2v) is 8.94. The first-order valence-corrected chi connectivity index (χ1v) is 10.6. The lowest BCUT2D eigenvalue weighted by molar-refractivity contribution is -0.171. The van der Waals surface area contributed by atoms with Crippen LogP contribution in [-0.4, -0.2) is 50.9 Å². The fourth-order valence-electron chi connectivity index (χ4n) is 5.84. The Kier molecular flexibility index (Phi) is 4.30. The van der Waals surface area contributed by atoms with Crippen LogP contribution in [0.4, 0.5) is 5.69 Å². The normalized spacial score (nSPS) is 34.1. The quantitative estimate of drug-likeness (QED) is 0.636. The molecule has 5 heteroatoms. The number of aryl methyl sites for hydroxylation is 1. The summed E-state index contributed by atoms with van der Waals surface area (Å²) in [4.78, 5) is 7.03. The standard InChI is InChI=1S/C22H32N4O/c1-15-4-6-17(7-5-15)26-12-8-16(14-26)24-21(23-2)25-19-18-9-13-27-20(18)22(19)10-3-11-22/h4-7,16,18-20H,3,8-14H2,1-2H3,(H2,23,24,25). The summed E-state index contributed by atoms with van der Waals surface area (Å²) in [6.45, 7) is 5.22. The van der Waals surface area contributed by atoms with Crippen molar-refractivity contribution >= 4 is 11.6 Å². The third kappa shape index (κ3) is 2.82. The van der Waals surface area contributed by atoms with Gasteiger partial charge in [0.15, 0.2) is 5.96 Å². The molecule has 4 aliphatic rings. The number of ether oxygens (including phenoxy) is 1. The fourth-order valence-corrected chi connectivity index (χ4v) is 5.84. The molecular formula is C22H32N4O. The van der Waals surface area contributed by atoms with Gasteiger partial charge in [0.05, 0.1) is 6.10 Å². The van der Waals surface area contributed by atoms with Gasteiger partial charge in [-0.2, -0.15) is 0 Å². The summed E-state index contributed by atoms with van der Waals surface area (Å²) in [6.07, 6.45) is 6.84. The largest absolute Gasteiger partial charge is 0.377 e. The Balaban J connectivity index is 1.20. The Bertz CT molecular complexity index is 712. The van der Waals surface area contributed by atoms with Crippen LogP contribution in [0.3, 0.4) is 0 Å². The van der Waals surface area contributed by atoms with E-state index in [1.165, 1.54) is 36.9 Å². The van der Waals surface area contributed by atoms with E-state index in [9.17, 15) is 0 Å². The van der Waals surface area contributed by atoms with Crippen LogP contribution in [-0.2, 0) is 4.74 Å². The average Bonchev–Trinajstić information content (AvgIpc) is 3.26. The summed E-state index contributed by atoms with van der Waals surface area (Å²) in [5, 5.41) is 7.49. The van der Waals surface area contributed by atoms with E-state index >= 15 is 0 Å². The van der Waals surface area contributed by atoms with Gasteiger partial charge in [-0.05, 0) is 44.7 Å². The van der Waals surface area contributed by atoms with Crippen molar-refractivity contribution in [1.29, 1.82) is 0 Å². The van der Waals surface area contributed by atoms with Crippen LogP contribution >= 0.6 is 0 Å². The zero-order valence-electron chi connectivity index (χ0n) is 16.6. The van der Waals surface area contributed by atoms with E-state index in [0.717, 1.165) is 32.1 Å². The van der Waals surface area contributed by atoms with Crippen LogP contribution in [0.15, 0.2) is 29.3 Å². The van der Waals surface area contributed by atoms with E-state index < -0.39 is 0 Å². The summed E-state index contributed by atoms with van der Waals surface area (Å²) >= 11 is 0. The molecular weight excluding hydrogens is 336 g/mol. The molecule has 5 nitrogen and oxygen atoms in total. The van der Waals surface area contributed by atoms with Crippen molar-refractivity contribution < 1.29 is 4.74 Å². The number of benzene rings is 1. The van der Waals surface area contributed by atoms with E-state index in [2.05, 4.69) is 51.7 Å². The number of hydrogen-bond donors (Lipinski definition) is 2. The molecule has 1 spiro atoms. The van der Waals surface area contributed by atoms with Crippen LogP contribution in [0.25, 0.3) is 0 Å². The maximum absolute atomic E-state index is 6.05. The van der Waals surface area contributed by atoms with E-state index in [1.807, 2.05) is 7.05 Å². The topological polar surface area (TPSA) is 48.9 Å². The van der Waals surface area contributed by atoms with Crippen molar-refractivity contribution in [1.82, 2.24) is 10.6 Å². The molecule has 2 N–H and O–H groups in total.